The topological polar surface area (TPSA) is 44.3 Å². The Labute approximate surface area is 74.5 Å². The maximum atomic E-state index is 8.69. The highest BCUT2D eigenvalue weighted by Crippen LogP contribution is 2.01. The van der Waals surface area contributed by atoms with Gasteiger partial charge >= 0.3 is 0 Å². The normalized spacial score (nSPS) is 26.0. The van der Waals surface area contributed by atoms with Crippen LogP contribution in [0.2, 0.25) is 0 Å². The Bertz CT molecular complexity index is 113. The number of aliphatic hydroxyl groups is 1. The lowest BCUT2D eigenvalue weighted by Crippen LogP contribution is -2.34. The first-order valence-electron chi connectivity index (χ1n) is 4.88. The van der Waals surface area contributed by atoms with Crippen LogP contribution in [0.5, 0.6) is 0 Å². The predicted octanol–water partition coefficient (Wildman–Crippen LogP) is -0.0436. The summed E-state index contributed by atoms with van der Waals surface area (Å²) >= 11 is 0. The van der Waals surface area contributed by atoms with Crippen LogP contribution in [0.25, 0.3) is 0 Å². The molecule has 1 fully saturated rings. The van der Waals surface area contributed by atoms with Crippen LogP contribution in [0.15, 0.2) is 0 Å². The first kappa shape index (κ1) is 9.96. The summed E-state index contributed by atoms with van der Waals surface area (Å²) in [6, 6.07) is 0.658. The van der Waals surface area contributed by atoms with Crippen molar-refractivity contribution in [1.29, 1.82) is 0 Å². The fraction of sp³-hybridized carbons (Fsp3) is 1.00. The van der Waals surface area contributed by atoms with Gasteiger partial charge in [-0.25, -0.2) is 0 Å². The van der Waals surface area contributed by atoms with Crippen molar-refractivity contribution in [2.45, 2.75) is 25.8 Å². The van der Waals surface area contributed by atoms with E-state index in [1.807, 2.05) is 0 Å². The van der Waals surface area contributed by atoms with E-state index in [1.165, 1.54) is 6.42 Å². The van der Waals surface area contributed by atoms with Crippen molar-refractivity contribution in [3.63, 3.8) is 0 Å². The van der Waals surface area contributed by atoms with E-state index in [1.54, 1.807) is 0 Å². The van der Waals surface area contributed by atoms with Gasteiger partial charge in [0.2, 0.25) is 0 Å². The third-order valence-corrected chi connectivity index (χ3v) is 2.44. The Morgan fingerprint density at radius 1 is 1.67 bits per heavy atom. The average molecular weight is 172 g/mol. The van der Waals surface area contributed by atoms with Crippen molar-refractivity contribution in [3.05, 3.63) is 0 Å². The Balaban J connectivity index is 1.99. The van der Waals surface area contributed by atoms with E-state index in [9.17, 15) is 0 Å². The zero-order valence-corrected chi connectivity index (χ0v) is 7.84. The van der Waals surface area contributed by atoms with Crippen LogP contribution in [0.3, 0.4) is 0 Å². The minimum atomic E-state index is 0.311. The van der Waals surface area contributed by atoms with Crippen molar-refractivity contribution in [3.8, 4) is 0 Å². The second-order valence-electron chi connectivity index (χ2n) is 3.72. The largest absolute Gasteiger partial charge is 0.396 e. The predicted molar refractivity (Wildman–Crippen MR) is 50.1 cm³/mol. The molecule has 0 saturated carbocycles. The van der Waals surface area contributed by atoms with E-state index in [4.69, 9.17) is 5.11 Å². The zero-order valence-electron chi connectivity index (χ0n) is 7.84. The summed E-state index contributed by atoms with van der Waals surface area (Å²) in [5.41, 5.74) is 0. The molecule has 3 heteroatoms. The van der Waals surface area contributed by atoms with Gasteiger partial charge in [-0.2, -0.15) is 0 Å². The van der Waals surface area contributed by atoms with Crippen LogP contribution >= 0.6 is 0 Å². The minimum Gasteiger partial charge on any atom is -0.396 e. The van der Waals surface area contributed by atoms with Crippen LogP contribution in [0.1, 0.15) is 19.8 Å². The molecular formula is C9H20N2O. The molecule has 0 amide bonds. The van der Waals surface area contributed by atoms with Gasteiger partial charge in [-0.3, -0.25) is 0 Å². The fourth-order valence-corrected chi connectivity index (χ4v) is 1.52. The molecule has 72 valence electrons. The molecule has 1 saturated heterocycles. The number of rotatable bonds is 5. The van der Waals surface area contributed by atoms with Gasteiger partial charge in [0.05, 0.1) is 0 Å². The van der Waals surface area contributed by atoms with Crippen LogP contribution < -0.4 is 10.6 Å². The van der Waals surface area contributed by atoms with Gasteiger partial charge in [0.15, 0.2) is 0 Å². The summed E-state index contributed by atoms with van der Waals surface area (Å²) in [6.45, 7) is 5.77. The quantitative estimate of drug-likeness (QED) is 0.545. The third-order valence-electron chi connectivity index (χ3n) is 2.44. The zero-order chi connectivity index (χ0) is 8.81. The summed E-state index contributed by atoms with van der Waals surface area (Å²) in [5.74, 6) is 0.593. The molecule has 3 N–H and O–H groups in total. The highest BCUT2D eigenvalue weighted by molar-refractivity contribution is 4.77. The fourth-order valence-electron chi connectivity index (χ4n) is 1.52. The van der Waals surface area contributed by atoms with Crippen molar-refractivity contribution in [1.82, 2.24) is 10.6 Å². The molecule has 0 aliphatic carbocycles. The molecule has 0 bridgehead atoms. The van der Waals surface area contributed by atoms with Crippen molar-refractivity contribution >= 4 is 0 Å². The van der Waals surface area contributed by atoms with Crippen molar-refractivity contribution < 1.29 is 5.11 Å². The minimum absolute atomic E-state index is 0.311. The number of nitrogens with one attached hydrogen (secondary N) is 2. The molecule has 0 aromatic carbocycles. The SMILES string of the molecule is CC(CCO)CNC1CCNC1. The molecule has 1 aliphatic heterocycles. The standard InChI is InChI=1S/C9H20N2O/c1-8(3-5-12)6-11-9-2-4-10-7-9/h8-12H,2-7H2,1H3. The molecular weight excluding hydrogens is 152 g/mol. The van der Waals surface area contributed by atoms with Crippen LogP contribution in [0.4, 0.5) is 0 Å². The number of hydrogen-bond acceptors (Lipinski definition) is 3. The lowest BCUT2D eigenvalue weighted by Gasteiger charge is -2.15. The second-order valence-corrected chi connectivity index (χ2v) is 3.72. The molecule has 0 aromatic rings. The average Bonchev–Trinajstić information content (AvgIpc) is 2.53. The Kier molecular flexibility index (Phi) is 4.58. The van der Waals surface area contributed by atoms with E-state index >= 15 is 0 Å². The first-order chi connectivity index (χ1) is 5.83. The maximum absolute atomic E-state index is 8.69. The van der Waals surface area contributed by atoms with Crippen LogP contribution in [0, 0.1) is 5.92 Å². The molecule has 0 spiro atoms. The molecule has 3 nitrogen and oxygen atoms in total. The van der Waals surface area contributed by atoms with Gasteiger partial charge in [-0.15, -0.1) is 0 Å². The number of aliphatic hydroxyl groups excluding tert-OH is 1. The Hall–Kier alpha value is -0.120. The lowest BCUT2D eigenvalue weighted by atomic mass is 10.1. The summed E-state index contributed by atoms with van der Waals surface area (Å²) in [7, 11) is 0. The molecule has 1 heterocycles. The first-order valence-corrected chi connectivity index (χ1v) is 4.88. The molecule has 0 radical (unpaired) electrons. The molecule has 2 unspecified atom stereocenters. The van der Waals surface area contributed by atoms with Crippen LogP contribution in [-0.4, -0.2) is 37.4 Å². The second kappa shape index (κ2) is 5.51. The van der Waals surface area contributed by atoms with Crippen LogP contribution in [-0.2, 0) is 0 Å². The molecule has 1 aliphatic rings. The maximum Gasteiger partial charge on any atom is 0.0434 e. The summed E-state index contributed by atoms with van der Waals surface area (Å²) in [5, 5.41) is 15.5. The van der Waals surface area contributed by atoms with Gasteiger partial charge in [-0.1, -0.05) is 6.92 Å². The van der Waals surface area contributed by atoms with E-state index in [2.05, 4.69) is 17.6 Å². The van der Waals surface area contributed by atoms with E-state index in [0.717, 1.165) is 26.1 Å². The third kappa shape index (κ3) is 3.52. The lowest BCUT2D eigenvalue weighted by molar-refractivity contribution is 0.258. The van der Waals surface area contributed by atoms with E-state index < -0.39 is 0 Å². The van der Waals surface area contributed by atoms with Crippen molar-refractivity contribution in [2.24, 2.45) is 5.92 Å². The van der Waals surface area contributed by atoms with Gasteiger partial charge in [0, 0.05) is 19.2 Å². The van der Waals surface area contributed by atoms with Crippen molar-refractivity contribution in [2.75, 3.05) is 26.2 Å². The molecule has 2 atom stereocenters. The molecule has 12 heavy (non-hydrogen) atoms. The smallest absolute Gasteiger partial charge is 0.0434 e. The summed E-state index contributed by atoms with van der Waals surface area (Å²) < 4.78 is 0. The highest BCUT2D eigenvalue weighted by Gasteiger charge is 2.13. The monoisotopic (exact) mass is 172 g/mol. The van der Waals surface area contributed by atoms with Gasteiger partial charge in [-0.05, 0) is 31.8 Å². The molecule has 1 rings (SSSR count). The van der Waals surface area contributed by atoms with Gasteiger partial charge in [0.25, 0.3) is 0 Å². The summed E-state index contributed by atoms with van der Waals surface area (Å²) in [4.78, 5) is 0. The van der Waals surface area contributed by atoms with Gasteiger partial charge < -0.3 is 15.7 Å². The Morgan fingerprint density at radius 2 is 2.50 bits per heavy atom. The highest BCUT2D eigenvalue weighted by atomic mass is 16.3. The summed E-state index contributed by atoms with van der Waals surface area (Å²) in [6.07, 6.45) is 2.15. The number of hydrogen-bond donors (Lipinski definition) is 3. The molecule has 0 aromatic heterocycles. The van der Waals surface area contributed by atoms with E-state index in [-0.39, 0.29) is 0 Å². The van der Waals surface area contributed by atoms with Gasteiger partial charge in [0.1, 0.15) is 0 Å². The van der Waals surface area contributed by atoms with E-state index in [0.29, 0.717) is 18.6 Å². The Morgan fingerprint density at radius 3 is 3.08 bits per heavy atom.